The predicted molar refractivity (Wildman–Crippen MR) is 71.8 cm³/mol. The maximum Gasteiger partial charge on any atom is 0.296 e. The Morgan fingerprint density at radius 1 is 1.55 bits per heavy atom. The molecule has 1 saturated heterocycles. The Bertz CT molecular complexity index is 589. The van der Waals surface area contributed by atoms with Gasteiger partial charge in [0.25, 0.3) is 5.91 Å². The molecule has 5 heteroatoms. The van der Waals surface area contributed by atoms with Crippen LogP contribution in [0.5, 0.6) is 0 Å². The van der Waals surface area contributed by atoms with Gasteiger partial charge >= 0.3 is 0 Å². The van der Waals surface area contributed by atoms with E-state index >= 15 is 0 Å². The first-order valence-corrected chi connectivity index (χ1v) is 6.34. The van der Waals surface area contributed by atoms with Crippen LogP contribution in [0.4, 0.5) is 4.39 Å². The van der Waals surface area contributed by atoms with Crippen molar-refractivity contribution in [2.75, 3.05) is 6.54 Å². The highest BCUT2D eigenvalue weighted by Crippen LogP contribution is 2.15. The molecule has 1 aromatic carbocycles. The monoisotopic (exact) mass is 274 g/mol. The van der Waals surface area contributed by atoms with E-state index in [2.05, 4.69) is 17.2 Å². The zero-order chi connectivity index (χ0) is 14.5. The standard InChI is InChI=1S/C15H15FN2O2/c1-2-4-14(19)17-13-8-15(20)18(10-13)9-11-5-3-6-12(16)7-11/h3,5-7,13H,8-10H2,1H3,(H,17,19)/t13-/m1/s1. The van der Waals surface area contributed by atoms with Crippen LogP contribution < -0.4 is 5.32 Å². The van der Waals surface area contributed by atoms with Gasteiger partial charge in [0.2, 0.25) is 5.91 Å². The van der Waals surface area contributed by atoms with E-state index < -0.39 is 0 Å². The summed E-state index contributed by atoms with van der Waals surface area (Å²) in [6.07, 6.45) is 0.256. The predicted octanol–water partition coefficient (Wildman–Crippen LogP) is 1.07. The Labute approximate surface area is 117 Å². The molecule has 1 aliphatic heterocycles. The fourth-order valence-electron chi connectivity index (χ4n) is 2.21. The van der Waals surface area contributed by atoms with E-state index in [0.29, 0.717) is 13.1 Å². The average Bonchev–Trinajstić information content (AvgIpc) is 2.69. The van der Waals surface area contributed by atoms with Crippen LogP contribution in [0.3, 0.4) is 0 Å². The molecule has 0 aromatic heterocycles. The summed E-state index contributed by atoms with van der Waals surface area (Å²) >= 11 is 0. The van der Waals surface area contributed by atoms with E-state index in [4.69, 9.17) is 0 Å². The van der Waals surface area contributed by atoms with Crippen molar-refractivity contribution in [1.82, 2.24) is 10.2 Å². The van der Waals surface area contributed by atoms with Crippen molar-refractivity contribution in [3.63, 3.8) is 0 Å². The first-order chi connectivity index (χ1) is 9.58. The third-order valence-electron chi connectivity index (χ3n) is 3.05. The molecule has 0 radical (unpaired) electrons. The van der Waals surface area contributed by atoms with E-state index in [1.165, 1.54) is 12.1 Å². The summed E-state index contributed by atoms with van der Waals surface area (Å²) in [6, 6.07) is 5.92. The first kappa shape index (κ1) is 14.1. The van der Waals surface area contributed by atoms with Crippen molar-refractivity contribution < 1.29 is 14.0 Å². The Morgan fingerprint density at radius 2 is 2.35 bits per heavy atom. The number of hydrogen-bond acceptors (Lipinski definition) is 2. The largest absolute Gasteiger partial charge is 0.340 e. The van der Waals surface area contributed by atoms with Gasteiger partial charge in [-0.1, -0.05) is 18.1 Å². The van der Waals surface area contributed by atoms with Crippen molar-refractivity contribution in [3.8, 4) is 11.8 Å². The van der Waals surface area contributed by atoms with Gasteiger partial charge in [-0.2, -0.15) is 0 Å². The van der Waals surface area contributed by atoms with Crippen LogP contribution in [0.2, 0.25) is 0 Å². The fraction of sp³-hybridized carbons (Fsp3) is 0.333. The summed E-state index contributed by atoms with van der Waals surface area (Å²) in [5, 5.41) is 2.69. The molecule has 0 unspecified atom stereocenters. The Hall–Kier alpha value is -2.35. The minimum Gasteiger partial charge on any atom is -0.340 e. The highest BCUT2D eigenvalue weighted by Gasteiger charge is 2.30. The van der Waals surface area contributed by atoms with Crippen LogP contribution >= 0.6 is 0 Å². The molecule has 20 heavy (non-hydrogen) atoms. The fourth-order valence-corrected chi connectivity index (χ4v) is 2.21. The number of halogens is 1. The molecule has 2 rings (SSSR count). The molecule has 0 bridgehead atoms. The molecule has 1 N–H and O–H groups in total. The van der Waals surface area contributed by atoms with E-state index in [9.17, 15) is 14.0 Å². The number of rotatable bonds is 3. The smallest absolute Gasteiger partial charge is 0.296 e. The lowest BCUT2D eigenvalue weighted by atomic mass is 10.2. The quantitative estimate of drug-likeness (QED) is 0.838. The molecule has 4 nitrogen and oxygen atoms in total. The number of benzene rings is 1. The third kappa shape index (κ3) is 3.58. The van der Waals surface area contributed by atoms with Gasteiger partial charge in [-0.25, -0.2) is 4.39 Å². The van der Waals surface area contributed by atoms with E-state index in [1.807, 2.05) is 0 Å². The molecular formula is C15H15FN2O2. The van der Waals surface area contributed by atoms with E-state index in [-0.39, 0.29) is 30.1 Å². The highest BCUT2D eigenvalue weighted by atomic mass is 19.1. The normalized spacial score (nSPS) is 17.6. The first-order valence-electron chi connectivity index (χ1n) is 6.34. The number of nitrogens with one attached hydrogen (secondary N) is 1. The van der Waals surface area contributed by atoms with Crippen molar-refractivity contribution in [2.24, 2.45) is 0 Å². The molecule has 0 saturated carbocycles. The molecule has 1 atom stereocenters. The van der Waals surface area contributed by atoms with Gasteiger partial charge in [-0.15, -0.1) is 0 Å². The summed E-state index contributed by atoms with van der Waals surface area (Å²) in [6.45, 7) is 2.35. The molecule has 2 amide bonds. The SMILES string of the molecule is CC#CC(=O)N[C@@H]1CC(=O)N(Cc2cccc(F)c2)C1. The second kappa shape index (κ2) is 6.20. The second-order valence-electron chi connectivity index (χ2n) is 4.65. The molecular weight excluding hydrogens is 259 g/mol. The molecule has 0 spiro atoms. The lowest BCUT2D eigenvalue weighted by Crippen LogP contribution is -2.36. The van der Waals surface area contributed by atoms with Crippen molar-refractivity contribution >= 4 is 11.8 Å². The number of nitrogens with zero attached hydrogens (tertiary/aromatic N) is 1. The lowest BCUT2D eigenvalue weighted by Gasteiger charge is -2.16. The van der Waals surface area contributed by atoms with Gasteiger partial charge in [-0.3, -0.25) is 9.59 Å². The molecule has 1 aromatic rings. The number of carbonyl (C=O) groups excluding carboxylic acids is 2. The average molecular weight is 274 g/mol. The zero-order valence-electron chi connectivity index (χ0n) is 11.1. The van der Waals surface area contributed by atoms with Crippen LogP contribution in [-0.4, -0.2) is 29.3 Å². The number of carbonyl (C=O) groups is 2. The third-order valence-corrected chi connectivity index (χ3v) is 3.05. The Morgan fingerprint density at radius 3 is 3.05 bits per heavy atom. The van der Waals surface area contributed by atoms with E-state index in [0.717, 1.165) is 5.56 Å². The Balaban J connectivity index is 1.95. The summed E-state index contributed by atoms with van der Waals surface area (Å²) in [5.74, 6) is 4.14. The molecule has 1 fully saturated rings. The van der Waals surface area contributed by atoms with Gasteiger partial charge in [0.05, 0.1) is 6.04 Å². The minimum atomic E-state index is -0.377. The van der Waals surface area contributed by atoms with Crippen LogP contribution in [0.1, 0.15) is 18.9 Å². The van der Waals surface area contributed by atoms with Crippen LogP contribution in [0.25, 0.3) is 0 Å². The van der Waals surface area contributed by atoms with Gasteiger partial charge in [-0.05, 0) is 30.5 Å². The molecule has 0 aliphatic carbocycles. The van der Waals surface area contributed by atoms with Crippen molar-refractivity contribution in [1.29, 1.82) is 0 Å². The Kier molecular flexibility index (Phi) is 4.36. The van der Waals surface area contributed by atoms with Crippen molar-refractivity contribution in [2.45, 2.75) is 25.9 Å². The highest BCUT2D eigenvalue weighted by molar-refractivity contribution is 5.94. The summed E-state index contributed by atoms with van der Waals surface area (Å²) in [4.78, 5) is 24.8. The van der Waals surface area contributed by atoms with Crippen LogP contribution in [-0.2, 0) is 16.1 Å². The van der Waals surface area contributed by atoms with Gasteiger partial charge < -0.3 is 10.2 Å². The van der Waals surface area contributed by atoms with Gasteiger partial charge in [0.1, 0.15) is 5.82 Å². The van der Waals surface area contributed by atoms with E-state index in [1.54, 1.807) is 24.0 Å². The summed E-state index contributed by atoms with van der Waals surface area (Å²) in [7, 11) is 0. The molecule has 1 heterocycles. The molecule has 104 valence electrons. The van der Waals surface area contributed by atoms with Gasteiger partial charge in [0, 0.05) is 19.5 Å². The lowest BCUT2D eigenvalue weighted by molar-refractivity contribution is -0.128. The second-order valence-corrected chi connectivity index (χ2v) is 4.65. The van der Waals surface area contributed by atoms with Crippen LogP contribution in [0.15, 0.2) is 24.3 Å². The molecule has 1 aliphatic rings. The van der Waals surface area contributed by atoms with Crippen LogP contribution in [0, 0.1) is 17.7 Å². The summed E-state index contributed by atoms with van der Waals surface area (Å²) in [5.41, 5.74) is 0.735. The maximum atomic E-state index is 13.1. The maximum absolute atomic E-state index is 13.1. The summed E-state index contributed by atoms with van der Waals surface area (Å²) < 4.78 is 13.1. The number of amides is 2. The minimum absolute atomic E-state index is 0.0518. The van der Waals surface area contributed by atoms with Crippen molar-refractivity contribution in [3.05, 3.63) is 35.6 Å². The number of likely N-dealkylation sites (tertiary alicyclic amines) is 1. The van der Waals surface area contributed by atoms with Gasteiger partial charge in [0.15, 0.2) is 0 Å². The zero-order valence-corrected chi connectivity index (χ0v) is 11.1. The number of hydrogen-bond donors (Lipinski definition) is 1. The topological polar surface area (TPSA) is 49.4 Å².